The Hall–Kier alpha value is -2.89. The zero-order valence-corrected chi connectivity index (χ0v) is 43.7. The Labute approximate surface area is 409 Å². The summed E-state index contributed by atoms with van der Waals surface area (Å²) in [6.07, 6.45) is 67.8. The van der Waals surface area contributed by atoms with Crippen LogP contribution in [0.3, 0.4) is 0 Å². The van der Waals surface area contributed by atoms with Gasteiger partial charge in [-0.3, -0.25) is 14.4 Å². The number of ether oxygens (including phenoxy) is 3. The minimum Gasteiger partial charge on any atom is -0.462 e. The minimum atomic E-state index is -0.784. The largest absolute Gasteiger partial charge is 0.462 e. The lowest BCUT2D eigenvalue weighted by Crippen LogP contribution is -2.30. The highest BCUT2D eigenvalue weighted by Crippen LogP contribution is 2.15. The molecule has 0 rings (SSSR count). The van der Waals surface area contributed by atoms with Crippen molar-refractivity contribution in [2.75, 3.05) is 13.2 Å². The molecule has 0 fully saturated rings. The van der Waals surface area contributed by atoms with Crippen molar-refractivity contribution in [1.29, 1.82) is 0 Å². The molecule has 0 spiro atoms. The molecule has 0 N–H and O–H groups in total. The maximum absolute atomic E-state index is 12.8. The smallest absolute Gasteiger partial charge is 0.306 e. The maximum atomic E-state index is 12.8. The molecule has 0 aromatic heterocycles. The van der Waals surface area contributed by atoms with Crippen molar-refractivity contribution in [3.8, 4) is 0 Å². The molecular formula is C60H106O6. The van der Waals surface area contributed by atoms with E-state index in [1.54, 1.807) is 0 Å². The minimum absolute atomic E-state index is 0.0843. The van der Waals surface area contributed by atoms with Gasteiger partial charge in [-0.2, -0.15) is 0 Å². The summed E-state index contributed by atoms with van der Waals surface area (Å²) in [4.78, 5) is 38.0. The summed E-state index contributed by atoms with van der Waals surface area (Å²) in [6, 6.07) is 0. The van der Waals surface area contributed by atoms with Crippen LogP contribution in [0, 0.1) is 0 Å². The second kappa shape index (κ2) is 54.7. The van der Waals surface area contributed by atoms with Gasteiger partial charge in [-0.15, -0.1) is 0 Å². The Balaban J connectivity index is 4.33. The van der Waals surface area contributed by atoms with Crippen LogP contribution in [-0.2, 0) is 28.6 Å². The summed E-state index contributed by atoms with van der Waals surface area (Å²) in [7, 11) is 0. The summed E-state index contributed by atoms with van der Waals surface area (Å²) >= 11 is 0. The Morgan fingerprint density at radius 1 is 0.303 bits per heavy atom. The van der Waals surface area contributed by atoms with E-state index in [0.717, 1.165) is 89.9 Å². The van der Waals surface area contributed by atoms with E-state index in [4.69, 9.17) is 14.2 Å². The first-order valence-corrected chi connectivity index (χ1v) is 28.3. The molecule has 382 valence electrons. The zero-order valence-electron chi connectivity index (χ0n) is 43.7. The van der Waals surface area contributed by atoms with Crippen LogP contribution in [0.2, 0.25) is 0 Å². The Morgan fingerprint density at radius 2 is 0.576 bits per heavy atom. The Morgan fingerprint density at radius 3 is 0.924 bits per heavy atom. The molecule has 6 nitrogen and oxygen atoms in total. The highest BCUT2D eigenvalue weighted by molar-refractivity contribution is 5.71. The van der Waals surface area contributed by atoms with Crippen molar-refractivity contribution < 1.29 is 28.6 Å². The molecule has 0 radical (unpaired) electrons. The van der Waals surface area contributed by atoms with Crippen LogP contribution in [0.5, 0.6) is 0 Å². The van der Waals surface area contributed by atoms with Crippen LogP contribution < -0.4 is 0 Å². The molecule has 0 aliphatic rings. The molecule has 66 heavy (non-hydrogen) atoms. The number of esters is 3. The van der Waals surface area contributed by atoms with Crippen LogP contribution in [0.25, 0.3) is 0 Å². The second-order valence-corrected chi connectivity index (χ2v) is 18.8. The summed E-state index contributed by atoms with van der Waals surface area (Å²) in [5.41, 5.74) is 0. The molecule has 6 heteroatoms. The van der Waals surface area contributed by atoms with Gasteiger partial charge in [0.05, 0.1) is 0 Å². The lowest BCUT2D eigenvalue weighted by molar-refractivity contribution is -0.167. The van der Waals surface area contributed by atoms with Crippen molar-refractivity contribution in [2.45, 2.75) is 290 Å². The fourth-order valence-corrected chi connectivity index (χ4v) is 7.92. The summed E-state index contributed by atoms with van der Waals surface area (Å²) < 4.78 is 16.8. The third kappa shape index (κ3) is 52.1. The van der Waals surface area contributed by atoms with Gasteiger partial charge in [-0.05, 0) is 103 Å². The van der Waals surface area contributed by atoms with E-state index < -0.39 is 6.10 Å². The summed E-state index contributed by atoms with van der Waals surface area (Å²) in [5.74, 6) is -0.904. The molecule has 0 saturated heterocycles. The van der Waals surface area contributed by atoms with E-state index >= 15 is 0 Å². The molecule has 0 aromatic rings. The SMILES string of the molecule is CCC/C=C\CCCCCCCC(=O)OCC(COC(=O)CCCCCCCC/C=C\C/C=C\C/C=C\CCCCCCC)OC(=O)CCCCCCCCC/C=C\CCCCCCCC. The number of unbranched alkanes of at least 4 members (excludes halogenated alkanes) is 30. The quantitative estimate of drug-likeness (QED) is 0.0262. The molecule has 0 amide bonds. The fourth-order valence-electron chi connectivity index (χ4n) is 7.92. The van der Waals surface area contributed by atoms with Gasteiger partial charge in [0, 0.05) is 19.3 Å². The Kier molecular flexibility index (Phi) is 52.3. The standard InChI is InChI=1S/C60H106O6/c1-4-7-10-13-16-19-22-24-26-28-29-30-31-33-34-36-38-41-44-47-50-53-59(62)65-56-57(55-64-58(61)52-49-46-43-40-21-18-15-12-9-6-3)66-60(63)54-51-48-45-42-39-37-35-32-27-25-23-20-17-14-11-8-5-2/h12,15,22,24-25,27-29,31,33,57H,4-11,13-14,16-21,23,26,30,32,34-56H2,1-3H3/b15-12-,24-22-,27-25-,29-28-,33-31-. The predicted molar refractivity (Wildman–Crippen MR) is 284 cm³/mol. The number of carbonyl (C=O) groups is 3. The van der Waals surface area contributed by atoms with Crippen molar-refractivity contribution >= 4 is 17.9 Å². The van der Waals surface area contributed by atoms with Crippen LogP contribution >= 0.6 is 0 Å². The average molecular weight is 924 g/mol. The number of rotatable bonds is 51. The molecule has 0 saturated carbocycles. The van der Waals surface area contributed by atoms with Gasteiger partial charge >= 0.3 is 17.9 Å². The first-order valence-electron chi connectivity index (χ1n) is 28.3. The van der Waals surface area contributed by atoms with E-state index in [0.29, 0.717) is 19.3 Å². The molecule has 0 aliphatic heterocycles. The van der Waals surface area contributed by atoms with Gasteiger partial charge in [0.25, 0.3) is 0 Å². The van der Waals surface area contributed by atoms with Crippen LogP contribution in [0.4, 0.5) is 0 Å². The first kappa shape index (κ1) is 63.1. The molecule has 0 aliphatic carbocycles. The van der Waals surface area contributed by atoms with Crippen molar-refractivity contribution in [3.05, 3.63) is 60.8 Å². The van der Waals surface area contributed by atoms with Crippen LogP contribution in [-0.4, -0.2) is 37.2 Å². The molecule has 0 bridgehead atoms. The monoisotopic (exact) mass is 923 g/mol. The predicted octanol–water partition coefficient (Wildman–Crippen LogP) is 18.8. The number of hydrogen-bond donors (Lipinski definition) is 0. The lowest BCUT2D eigenvalue weighted by Gasteiger charge is -2.18. The van der Waals surface area contributed by atoms with Gasteiger partial charge in [-0.25, -0.2) is 0 Å². The highest BCUT2D eigenvalue weighted by Gasteiger charge is 2.19. The number of carbonyl (C=O) groups excluding carboxylic acids is 3. The van der Waals surface area contributed by atoms with E-state index in [1.165, 1.54) is 154 Å². The molecule has 0 heterocycles. The van der Waals surface area contributed by atoms with E-state index in [2.05, 4.69) is 81.5 Å². The summed E-state index contributed by atoms with van der Waals surface area (Å²) in [5, 5.41) is 0. The van der Waals surface area contributed by atoms with Gasteiger partial charge in [0.2, 0.25) is 0 Å². The van der Waals surface area contributed by atoms with Crippen LogP contribution in [0.1, 0.15) is 284 Å². The van der Waals surface area contributed by atoms with Gasteiger partial charge in [0.1, 0.15) is 13.2 Å². The number of allylic oxidation sites excluding steroid dienone is 10. The lowest BCUT2D eigenvalue weighted by atomic mass is 10.1. The summed E-state index contributed by atoms with van der Waals surface area (Å²) in [6.45, 7) is 6.56. The van der Waals surface area contributed by atoms with Gasteiger partial charge < -0.3 is 14.2 Å². The van der Waals surface area contributed by atoms with E-state index in [-0.39, 0.29) is 31.1 Å². The van der Waals surface area contributed by atoms with Gasteiger partial charge in [0.15, 0.2) is 6.10 Å². The first-order chi connectivity index (χ1) is 32.5. The average Bonchev–Trinajstić information content (AvgIpc) is 3.31. The zero-order chi connectivity index (χ0) is 47.9. The molecular weight excluding hydrogens is 817 g/mol. The normalized spacial score (nSPS) is 12.5. The molecule has 1 unspecified atom stereocenters. The van der Waals surface area contributed by atoms with Crippen molar-refractivity contribution in [1.82, 2.24) is 0 Å². The number of hydrogen-bond acceptors (Lipinski definition) is 6. The maximum Gasteiger partial charge on any atom is 0.306 e. The Bertz CT molecular complexity index is 1200. The van der Waals surface area contributed by atoms with Crippen LogP contribution in [0.15, 0.2) is 60.8 Å². The van der Waals surface area contributed by atoms with Crippen molar-refractivity contribution in [2.24, 2.45) is 0 Å². The van der Waals surface area contributed by atoms with Crippen molar-refractivity contribution in [3.63, 3.8) is 0 Å². The highest BCUT2D eigenvalue weighted by atomic mass is 16.6. The molecule has 1 atom stereocenters. The fraction of sp³-hybridized carbons (Fsp3) is 0.783. The topological polar surface area (TPSA) is 78.9 Å². The van der Waals surface area contributed by atoms with E-state index in [1.807, 2.05) is 0 Å². The van der Waals surface area contributed by atoms with Gasteiger partial charge in [-0.1, -0.05) is 223 Å². The third-order valence-corrected chi connectivity index (χ3v) is 12.2. The molecule has 0 aromatic carbocycles. The third-order valence-electron chi connectivity index (χ3n) is 12.2. The second-order valence-electron chi connectivity index (χ2n) is 18.8. The van der Waals surface area contributed by atoms with E-state index in [9.17, 15) is 14.4 Å².